The maximum atomic E-state index is 14.3. The highest BCUT2D eigenvalue weighted by atomic mass is 19.1. The Bertz CT molecular complexity index is 1410. The number of rotatable bonds is 2. The lowest BCUT2D eigenvalue weighted by Crippen LogP contribution is -2.38. The van der Waals surface area contributed by atoms with Gasteiger partial charge in [0.2, 0.25) is 0 Å². The molecule has 176 valence electrons. The number of amides is 2. The molecule has 0 radical (unpaired) electrons. The van der Waals surface area contributed by atoms with Crippen molar-refractivity contribution in [2.75, 3.05) is 18.5 Å². The summed E-state index contributed by atoms with van der Waals surface area (Å²) in [6.45, 7) is 1.13. The molecule has 8 heteroatoms. The average molecular weight is 473 g/mol. The molecular formula is C27H21F2N3O3. The van der Waals surface area contributed by atoms with Gasteiger partial charge in [-0.25, -0.2) is 13.6 Å². The predicted molar refractivity (Wildman–Crippen MR) is 126 cm³/mol. The van der Waals surface area contributed by atoms with Gasteiger partial charge in [0.15, 0.2) is 11.5 Å². The summed E-state index contributed by atoms with van der Waals surface area (Å²) < 4.78 is 41.7. The lowest BCUT2D eigenvalue weighted by Gasteiger charge is -2.31. The van der Waals surface area contributed by atoms with Gasteiger partial charge in [-0.3, -0.25) is 0 Å². The van der Waals surface area contributed by atoms with Gasteiger partial charge < -0.3 is 24.3 Å². The molecule has 6 nitrogen and oxygen atoms in total. The van der Waals surface area contributed by atoms with Crippen molar-refractivity contribution in [2.45, 2.75) is 12.6 Å². The van der Waals surface area contributed by atoms with Crippen molar-refractivity contribution in [1.29, 1.82) is 0 Å². The smallest absolute Gasteiger partial charge is 0.322 e. The van der Waals surface area contributed by atoms with Crippen LogP contribution in [0.3, 0.4) is 0 Å². The molecule has 0 unspecified atom stereocenters. The average Bonchev–Trinajstić information content (AvgIpc) is 3.27. The lowest BCUT2D eigenvalue weighted by atomic mass is 10.0. The normalized spacial score (nSPS) is 16.2. The van der Waals surface area contributed by atoms with Gasteiger partial charge in [0, 0.05) is 29.7 Å². The molecule has 0 saturated heterocycles. The van der Waals surface area contributed by atoms with Gasteiger partial charge in [-0.1, -0.05) is 18.2 Å². The van der Waals surface area contributed by atoms with E-state index in [0.29, 0.717) is 36.0 Å². The van der Waals surface area contributed by atoms with E-state index in [1.807, 2.05) is 47.2 Å². The molecule has 6 rings (SSSR count). The van der Waals surface area contributed by atoms with Crippen LogP contribution in [-0.2, 0) is 6.54 Å². The van der Waals surface area contributed by atoms with Gasteiger partial charge in [-0.05, 0) is 53.6 Å². The van der Waals surface area contributed by atoms with Crippen LogP contribution in [0.4, 0.5) is 19.3 Å². The van der Waals surface area contributed by atoms with E-state index in [2.05, 4.69) is 5.32 Å². The summed E-state index contributed by atoms with van der Waals surface area (Å²) in [4.78, 5) is 15.3. The molecule has 1 aromatic heterocycles. The molecule has 4 aromatic rings. The van der Waals surface area contributed by atoms with E-state index < -0.39 is 23.7 Å². The molecule has 0 aliphatic carbocycles. The van der Waals surface area contributed by atoms with Crippen molar-refractivity contribution in [3.63, 3.8) is 0 Å². The largest absolute Gasteiger partial charge is 0.486 e. The van der Waals surface area contributed by atoms with Crippen molar-refractivity contribution in [3.8, 4) is 17.2 Å². The SMILES string of the molecule is O=C(Nc1ccc2c(c1)OCCO2)N1Cc2ccccc2-n2cccc2[C@@H]1c1cc(F)cc(F)c1. The molecule has 2 aliphatic heterocycles. The molecule has 35 heavy (non-hydrogen) atoms. The van der Waals surface area contributed by atoms with Crippen molar-refractivity contribution >= 4 is 11.7 Å². The molecular weight excluding hydrogens is 452 g/mol. The molecule has 2 aliphatic rings. The summed E-state index contributed by atoms with van der Waals surface area (Å²) in [5.41, 5.74) is 3.40. The van der Waals surface area contributed by atoms with Crippen molar-refractivity contribution in [1.82, 2.24) is 9.47 Å². The molecule has 0 fully saturated rings. The topological polar surface area (TPSA) is 55.7 Å². The van der Waals surface area contributed by atoms with E-state index in [0.717, 1.165) is 23.0 Å². The zero-order valence-corrected chi connectivity index (χ0v) is 18.6. The number of urea groups is 1. The number of carbonyl (C=O) groups is 1. The Morgan fingerprint density at radius 3 is 2.49 bits per heavy atom. The Balaban J connectivity index is 1.44. The fourth-order valence-corrected chi connectivity index (χ4v) is 4.74. The molecule has 2 amide bonds. The van der Waals surface area contributed by atoms with Crippen molar-refractivity contribution in [2.24, 2.45) is 0 Å². The van der Waals surface area contributed by atoms with E-state index in [1.54, 1.807) is 23.1 Å². The Hall–Kier alpha value is -4.33. The number of nitrogens with one attached hydrogen (secondary N) is 1. The Morgan fingerprint density at radius 1 is 0.886 bits per heavy atom. The molecule has 3 aromatic carbocycles. The van der Waals surface area contributed by atoms with Gasteiger partial charge in [-0.15, -0.1) is 0 Å². The molecule has 3 heterocycles. The number of hydrogen-bond acceptors (Lipinski definition) is 3. The van der Waals surface area contributed by atoms with Gasteiger partial charge in [0.05, 0.1) is 18.3 Å². The highest BCUT2D eigenvalue weighted by Crippen LogP contribution is 2.38. The second kappa shape index (κ2) is 8.47. The Labute approximate surface area is 200 Å². The summed E-state index contributed by atoms with van der Waals surface area (Å²) in [6, 6.07) is 18.8. The minimum atomic E-state index is -0.736. The number of fused-ring (bicyclic) bond motifs is 4. The van der Waals surface area contributed by atoms with Crippen LogP contribution in [0.2, 0.25) is 0 Å². The number of ether oxygens (including phenoxy) is 2. The third-order valence-electron chi connectivity index (χ3n) is 6.22. The molecule has 1 atom stereocenters. The highest BCUT2D eigenvalue weighted by Gasteiger charge is 2.33. The Kier molecular flexibility index (Phi) is 5.13. The summed E-state index contributed by atoms with van der Waals surface area (Å²) in [5.74, 6) is -0.240. The molecule has 1 N–H and O–H groups in total. The monoisotopic (exact) mass is 473 g/mol. The van der Waals surface area contributed by atoms with E-state index in [9.17, 15) is 13.6 Å². The van der Waals surface area contributed by atoms with E-state index >= 15 is 0 Å². The fraction of sp³-hybridized carbons (Fsp3) is 0.148. The number of aromatic nitrogens is 1. The zero-order chi connectivity index (χ0) is 23.9. The number of carbonyl (C=O) groups excluding carboxylic acids is 1. The van der Waals surface area contributed by atoms with Crippen molar-refractivity contribution in [3.05, 3.63) is 107 Å². The van der Waals surface area contributed by atoms with Crippen LogP contribution >= 0.6 is 0 Å². The summed E-state index contributed by atoms with van der Waals surface area (Å²) in [5, 5.41) is 2.93. The third-order valence-corrected chi connectivity index (χ3v) is 6.22. The van der Waals surface area contributed by atoms with Crippen LogP contribution in [0.25, 0.3) is 5.69 Å². The molecule has 0 bridgehead atoms. The van der Waals surface area contributed by atoms with Crippen LogP contribution < -0.4 is 14.8 Å². The third kappa shape index (κ3) is 3.86. The maximum Gasteiger partial charge on any atom is 0.322 e. The second-order valence-electron chi connectivity index (χ2n) is 8.45. The second-order valence-corrected chi connectivity index (χ2v) is 8.45. The Morgan fingerprint density at radius 2 is 1.66 bits per heavy atom. The molecule has 0 saturated carbocycles. The van der Waals surface area contributed by atoms with Crippen LogP contribution in [0.5, 0.6) is 11.5 Å². The lowest BCUT2D eigenvalue weighted by molar-refractivity contribution is 0.171. The standard InChI is InChI=1S/C27H21F2N3O3/c28-19-12-18(13-20(29)14-19)26-23-6-3-9-31(23)22-5-2-1-4-17(22)16-32(26)27(33)30-21-7-8-24-25(15-21)35-11-10-34-24/h1-9,12-15,26H,10-11,16H2,(H,30,33)/t26-/m0/s1. The summed E-state index contributed by atoms with van der Waals surface area (Å²) >= 11 is 0. The minimum Gasteiger partial charge on any atom is -0.486 e. The fourth-order valence-electron chi connectivity index (χ4n) is 4.74. The summed E-state index contributed by atoms with van der Waals surface area (Å²) in [7, 11) is 0. The van der Waals surface area contributed by atoms with Gasteiger partial charge in [0.1, 0.15) is 24.8 Å². The summed E-state index contributed by atoms with van der Waals surface area (Å²) in [6.07, 6.45) is 1.89. The van der Waals surface area contributed by atoms with Crippen molar-refractivity contribution < 1.29 is 23.0 Å². The van der Waals surface area contributed by atoms with Crippen LogP contribution in [0.15, 0.2) is 79.0 Å². The van der Waals surface area contributed by atoms with Gasteiger partial charge in [-0.2, -0.15) is 0 Å². The number of para-hydroxylation sites is 1. The number of nitrogens with zero attached hydrogens (tertiary/aromatic N) is 2. The first-order valence-electron chi connectivity index (χ1n) is 11.3. The van der Waals surface area contributed by atoms with Gasteiger partial charge in [0.25, 0.3) is 0 Å². The van der Waals surface area contributed by atoms with E-state index in [4.69, 9.17) is 9.47 Å². The minimum absolute atomic E-state index is 0.233. The number of halogens is 2. The van der Waals surface area contributed by atoms with E-state index in [1.165, 1.54) is 12.1 Å². The highest BCUT2D eigenvalue weighted by molar-refractivity contribution is 5.90. The number of benzene rings is 3. The quantitative estimate of drug-likeness (QED) is 0.409. The first-order valence-corrected chi connectivity index (χ1v) is 11.3. The first-order chi connectivity index (χ1) is 17.1. The number of hydrogen-bond donors (Lipinski definition) is 1. The maximum absolute atomic E-state index is 14.3. The predicted octanol–water partition coefficient (Wildman–Crippen LogP) is 5.66. The van der Waals surface area contributed by atoms with Crippen LogP contribution in [-0.4, -0.2) is 28.7 Å². The van der Waals surface area contributed by atoms with Crippen LogP contribution in [0.1, 0.15) is 22.9 Å². The first kappa shape index (κ1) is 21.2. The zero-order valence-electron chi connectivity index (χ0n) is 18.6. The number of anilines is 1. The van der Waals surface area contributed by atoms with E-state index in [-0.39, 0.29) is 6.54 Å². The van der Waals surface area contributed by atoms with Gasteiger partial charge >= 0.3 is 6.03 Å². The molecule has 0 spiro atoms. The van der Waals surface area contributed by atoms with Crippen LogP contribution in [0, 0.1) is 11.6 Å².